The number of hydrogen-bond donors (Lipinski definition) is 0. The molecule has 0 saturated carbocycles. The van der Waals surface area contributed by atoms with Crippen LogP contribution in [0.3, 0.4) is 0 Å². The lowest BCUT2D eigenvalue weighted by Gasteiger charge is -2.28. The van der Waals surface area contributed by atoms with Gasteiger partial charge in [-0.05, 0) is 135 Å². The molecule has 0 fully saturated rings. The van der Waals surface area contributed by atoms with E-state index in [1.807, 2.05) is 21.1 Å². The molecule has 0 aliphatic rings. The summed E-state index contributed by atoms with van der Waals surface area (Å²) in [5.41, 5.74) is 0. The standard InChI is InChI=1S/C84H138NO8P/c1-6-8-10-12-14-16-18-20-22-24-26-28-30-32-34-36-38-40-41-42-43-45-47-49-51-53-55-57-59-61-63-65-67-69-71-73-75-77-84(87)93-82(81-92-94(88,89)91-79-78-85(3,4)5)80-90-83(86)76-74-72-70-68-66-64-62-60-58-56-54-52-50-48-46-44-39-37-35-33-31-29-27-25-23-21-19-17-15-13-11-9-7-2/h8-11,14-17,20-23,26-29,32,34,38,40,42-43,47,49,53,55,59,61,65,67,82H,6-7,12-13,18-19,24-25,30-31,33,35-37,39,41,44-46,48,50-52,54,56-58,60,62-64,66,68-81H2,1-5H3/b10-8-,11-9-,16-14-,17-15-,22-20-,23-21-,28-26-,29-27-,34-32-,40-38-,43-42-,49-47-,55-53-,61-59-,67-65-. The Balaban J connectivity index is 4.13. The van der Waals surface area contributed by atoms with Crippen LogP contribution >= 0.6 is 7.82 Å². The summed E-state index contributed by atoms with van der Waals surface area (Å²) in [6.45, 7) is 3.97. The number of esters is 2. The van der Waals surface area contributed by atoms with E-state index in [1.165, 1.54) is 116 Å². The number of allylic oxidation sites excluding steroid dienone is 30. The maximum atomic E-state index is 12.9. The number of carbonyl (C=O) groups is 2. The molecule has 0 aliphatic heterocycles. The molecule has 0 aromatic carbocycles. The van der Waals surface area contributed by atoms with Crippen molar-refractivity contribution in [2.24, 2.45) is 0 Å². The lowest BCUT2D eigenvalue weighted by Crippen LogP contribution is -2.37. The van der Waals surface area contributed by atoms with Crippen LogP contribution in [0, 0.1) is 0 Å². The Bertz CT molecular complexity index is 2240. The fourth-order valence-corrected chi connectivity index (χ4v) is 10.5. The molecule has 0 N–H and O–H groups in total. The zero-order valence-electron chi connectivity index (χ0n) is 60.6. The minimum Gasteiger partial charge on any atom is -0.756 e. The quantitative estimate of drug-likeness (QED) is 0.0195. The van der Waals surface area contributed by atoms with Gasteiger partial charge in [-0.25, -0.2) is 0 Å². The van der Waals surface area contributed by atoms with Crippen molar-refractivity contribution in [1.29, 1.82) is 0 Å². The Morgan fingerprint density at radius 2 is 0.574 bits per heavy atom. The minimum atomic E-state index is -4.67. The number of rotatable bonds is 67. The summed E-state index contributed by atoms with van der Waals surface area (Å²) in [6, 6.07) is 0. The lowest BCUT2D eigenvalue weighted by atomic mass is 10.0. The summed E-state index contributed by atoms with van der Waals surface area (Å²) in [4.78, 5) is 38.1. The molecule has 0 rings (SSSR count). The van der Waals surface area contributed by atoms with E-state index in [0.717, 1.165) is 135 Å². The van der Waals surface area contributed by atoms with Crippen LogP contribution < -0.4 is 4.89 Å². The number of carbonyl (C=O) groups excluding carboxylic acids is 2. The van der Waals surface area contributed by atoms with Gasteiger partial charge in [-0.2, -0.15) is 0 Å². The zero-order valence-corrected chi connectivity index (χ0v) is 61.5. The average molecular weight is 1320 g/mol. The van der Waals surface area contributed by atoms with E-state index in [9.17, 15) is 19.0 Å². The van der Waals surface area contributed by atoms with Crippen LogP contribution in [0.2, 0.25) is 0 Å². The first-order chi connectivity index (χ1) is 46.0. The van der Waals surface area contributed by atoms with Crippen molar-refractivity contribution in [2.75, 3.05) is 47.5 Å². The van der Waals surface area contributed by atoms with Crippen LogP contribution in [-0.4, -0.2) is 70.0 Å². The Morgan fingerprint density at radius 1 is 0.330 bits per heavy atom. The first kappa shape index (κ1) is 89.1. The van der Waals surface area contributed by atoms with Crippen molar-refractivity contribution in [3.8, 4) is 0 Å². The summed E-state index contributed by atoms with van der Waals surface area (Å²) in [6.07, 6.45) is 111. The number of hydrogen-bond acceptors (Lipinski definition) is 8. The largest absolute Gasteiger partial charge is 0.756 e. The maximum absolute atomic E-state index is 12.9. The highest BCUT2D eigenvalue weighted by Crippen LogP contribution is 2.38. The summed E-state index contributed by atoms with van der Waals surface area (Å²) in [7, 11) is 1.13. The van der Waals surface area contributed by atoms with E-state index in [2.05, 4.69) is 196 Å². The van der Waals surface area contributed by atoms with Crippen molar-refractivity contribution in [2.45, 2.75) is 290 Å². The Kier molecular flexibility index (Phi) is 68.6. The molecule has 94 heavy (non-hydrogen) atoms. The molecule has 2 atom stereocenters. The predicted molar refractivity (Wildman–Crippen MR) is 406 cm³/mol. The summed E-state index contributed by atoms with van der Waals surface area (Å²) in [5.74, 6) is -0.876. The summed E-state index contributed by atoms with van der Waals surface area (Å²) >= 11 is 0. The predicted octanol–water partition coefficient (Wildman–Crippen LogP) is 24.4. The molecule has 0 aromatic rings. The third-order valence-corrected chi connectivity index (χ3v) is 16.4. The van der Waals surface area contributed by atoms with Gasteiger partial charge < -0.3 is 27.9 Å². The van der Waals surface area contributed by atoms with Crippen molar-refractivity contribution < 1.29 is 42.1 Å². The van der Waals surface area contributed by atoms with Gasteiger partial charge in [0.15, 0.2) is 6.10 Å². The molecule has 0 radical (unpaired) electrons. The first-order valence-corrected chi connectivity index (χ1v) is 39.0. The number of quaternary nitrogens is 1. The summed E-state index contributed by atoms with van der Waals surface area (Å²) in [5, 5.41) is 0. The molecule has 0 saturated heterocycles. The highest BCUT2D eigenvalue weighted by Gasteiger charge is 2.22. The van der Waals surface area contributed by atoms with E-state index in [4.69, 9.17) is 18.5 Å². The SMILES string of the molecule is CC/C=C\C/C=C\C/C=C\C/C=C\C/C=C\C/C=C\C/C=C\C/C=C\C/C=C\C/C=C\C/C=C\CCCCCC(=O)OC(COC(=O)CCCCCCCCCCCCCCCCCCCCCC/C=C\C/C=C\C/C=C\C/C=C\CC)COP(=O)([O-])OCC[N+](C)(C)C. The molecule has 0 spiro atoms. The fourth-order valence-electron chi connectivity index (χ4n) is 9.77. The fraction of sp³-hybridized carbons (Fsp3) is 0.619. The maximum Gasteiger partial charge on any atom is 0.306 e. The highest BCUT2D eigenvalue weighted by molar-refractivity contribution is 7.45. The molecule has 0 heterocycles. The monoisotopic (exact) mass is 1320 g/mol. The van der Waals surface area contributed by atoms with Gasteiger partial charge in [0, 0.05) is 12.8 Å². The van der Waals surface area contributed by atoms with Crippen LogP contribution in [0.1, 0.15) is 284 Å². The molecule has 0 bridgehead atoms. The molecule has 0 aromatic heterocycles. The molecule has 9 nitrogen and oxygen atoms in total. The third-order valence-electron chi connectivity index (χ3n) is 15.4. The number of unbranched alkanes of at least 4 members (excludes halogenated alkanes) is 23. The molecule has 0 amide bonds. The van der Waals surface area contributed by atoms with Crippen molar-refractivity contribution in [3.05, 3.63) is 182 Å². The zero-order chi connectivity index (χ0) is 68.3. The third kappa shape index (κ3) is 76.1. The Morgan fingerprint density at radius 3 is 0.862 bits per heavy atom. The van der Waals surface area contributed by atoms with Gasteiger partial charge in [0.1, 0.15) is 19.8 Å². The number of likely N-dealkylation sites (N-methyl/N-ethyl adjacent to an activating group) is 1. The van der Waals surface area contributed by atoms with Gasteiger partial charge in [0.2, 0.25) is 0 Å². The van der Waals surface area contributed by atoms with E-state index >= 15 is 0 Å². The molecule has 0 aliphatic carbocycles. The smallest absolute Gasteiger partial charge is 0.306 e. The van der Waals surface area contributed by atoms with Crippen LogP contribution in [0.4, 0.5) is 0 Å². The topological polar surface area (TPSA) is 111 Å². The highest BCUT2D eigenvalue weighted by atomic mass is 31.2. The number of phosphoric ester groups is 1. The van der Waals surface area contributed by atoms with Gasteiger partial charge >= 0.3 is 11.9 Å². The van der Waals surface area contributed by atoms with Gasteiger partial charge in [-0.15, -0.1) is 0 Å². The van der Waals surface area contributed by atoms with E-state index in [1.54, 1.807) is 0 Å². The van der Waals surface area contributed by atoms with Gasteiger partial charge in [-0.3, -0.25) is 14.2 Å². The molecular weight excluding hydrogens is 1180 g/mol. The van der Waals surface area contributed by atoms with Crippen LogP contribution in [-0.2, 0) is 32.7 Å². The van der Waals surface area contributed by atoms with E-state index in [-0.39, 0.29) is 26.1 Å². The number of ether oxygens (including phenoxy) is 2. The molecular formula is C84H138NO8P. The Hall–Kier alpha value is -4.89. The van der Waals surface area contributed by atoms with Crippen molar-refractivity contribution in [3.63, 3.8) is 0 Å². The number of phosphoric acid groups is 1. The van der Waals surface area contributed by atoms with Crippen LogP contribution in [0.25, 0.3) is 0 Å². The lowest BCUT2D eigenvalue weighted by molar-refractivity contribution is -0.870. The second kappa shape index (κ2) is 72.4. The molecule has 10 heteroatoms. The van der Waals surface area contributed by atoms with Gasteiger partial charge in [0.05, 0.1) is 27.7 Å². The van der Waals surface area contributed by atoms with Gasteiger partial charge in [0.25, 0.3) is 7.82 Å². The van der Waals surface area contributed by atoms with Gasteiger partial charge in [-0.1, -0.05) is 318 Å². The van der Waals surface area contributed by atoms with Crippen molar-refractivity contribution >= 4 is 19.8 Å². The molecule has 2 unspecified atom stereocenters. The second-order valence-electron chi connectivity index (χ2n) is 25.5. The van der Waals surface area contributed by atoms with Crippen LogP contribution in [0.5, 0.6) is 0 Å². The average Bonchev–Trinajstić information content (AvgIpc) is 1.56. The van der Waals surface area contributed by atoms with E-state index in [0.29, 0.717) is 17.4 Å². The van der Waals surface area contributed by atoms with Crippen molar-refractivity contribution in [1.82, 2.24) is 0 Å². The van der Waals surface area contributed by atoms with Crippen LogP contribution in [0.15, 0.2) is 182 Å². The summed E-state index contributed by atoms with van der Waals surface area (Å²) < 4.78 is 34.3. The normalized spacial score (nSPS) is 14.1. The Labute approximate surface area is 578 Å². The second-order valence-corrected chi connectivity index (χ2v) is 27.0. The minimum absolute atomic E-state index is 0.0459. The first-order valence-electron chi connectivity index (χ1n) is 37.5. The molecule has 532 valence electrons. The van der Waals surface area contributed by atoms with E-state index < -0.39 is 32.5 Å². The number of nitrogens with zero attached hydrogens (tertiary/aromatic N) is 1.